The SMILES string of the molecule is NCCCN(CCc1ccncc1)C1CCC1. The van der Waals surface area contributed by atoms with Crippen molar-refractivity contribution in [3.8, 4) is 0 Å². The van der Waals surface area contributed by atoms with Gasteiger partial charge in [-0.1, -0.05) is 6.42 Å². The lowest BCUT2D eigenvalue weighted by Crippen LogP contribution is -2.42. The van der Waals surface area contributed by atoms with E-state index in [1.54, 1.807) is 0 Å². The van der Waals surface area contributed by atoms with Gasteiger partial charge in [-0.3, -0.25) is 4.98 Å². The molecule has 1 aliphatic rings. The standard InChI is InChI=1S/C14H23N3/c15-8-2-11-17(14-3-1-4-14)12-7-13-5-9-16-10-6-13/h5-6,9-10,14H,1-4,7-8,11-12,15H2. The first-order chi connectivity index (χ1) is 8.40. The number of rotatable bonds is 7. The van der Waals surface area contributed by atoms with Crippen LogP contribution in [0.3, 0.4) is 0 Å². The molecule has 0 saturated heterocycles. The summed E-state index contributed by atoms with van der Waals surface area (Å²) in [5, 5.41) is 0. The van der Waals surface area contributed by atoms with Crippen molar-refractivity contribution < 1.29 is 0 Å². The van der Waals surface area contributed by atoms with E-state index in [9.17, 15) is 0 Å². The van der Waals surface area contributed by atoms with Gasteiger partial charge in [0.05, 0.1) is 0 Å². The third-order valence-electron chi connectivity index (χ3n) is 3.68. The molecule has 1 aromatic heterocycles. The molecule has 1 aromatic rings. The highest BCUT2D eigenvalue weighted by atomic mass is 15.2. The molecule has 1 aliphatic carbocycles. The van der Waals surface area contributed by atoms with Crippen molar-refractivity contribution in [2.45, 2.75) is 38.1 Å². The van der Waals surface area contributed by atoms with E-state index in [2.05, 4.69) is 22.0 Å². The van der Waals surface area contributed by atoms with Gasteiger partial charge >= 0.3 is 0 Å². The van der Waals surface area contributed by atoms with Crippen LogP contribution in [0.25, 0.3) is 0 Å². The third-order valence-corrected chi connectivity index (χ3v) is 3.68. The van der Waals surface area contributed by atoms with Crippen molar-refractivity contribution in [1.82, 2.24) is 9.88 Å². The predicted molar refractivity (Wildman–Crippen MR) is 70.8 cm³/mol. The fourth-order valence-corrected chi connectivity index (χ4v) is 2.35. The molecule has 0 aromatic carbocycles. The minimum Gasteiger partial charge on any atom is -0.330 e. The smallest absolute Gasteiger partial charge is 0.0270 e. The van der Waals surface area contributed by atoms with E-state index in [4.69, 9.17) is 5.73 Å². The van der Waals surface area contributed by atoms with Gasteiger partial charge < -0.3 is 10.6 Å². The number of nitrogens with zero attached hydrogens (tertiary/aromatic N) is 2. The van der Waals surface area contributed by atoms with Gasteiger partial charge in [0.2, 0.25) is 0 Å². The summed E-state index contributed by atoms with van der Waals surface area (Å²) in [6.45, 7) is 3.12. The average Bonchev–Trinajstić information content (AvgIpc) is 2.31. The van der Waals surface area contributed by atoms with Crippen molar-refractivity contribution in [2.24, 2.45) is 5.73 Å². The van der Waals surface area contributed by atoms with E-state index in [1.165, 1.54) is 24.8 Å². The Morgan fingerprint density at radius 1 is 1.24 bits per heavy atom. The van der Waals surface area contributed by atoms with Gasteiger partial charge in [0, 0.05) is 25.0 Å². The molecule has 0 radical (unpaired) electrons. The average molecular weight is 233 g/mol. The highest BCUT2D eigenvalue weighted by molar-refractivity contribution is 5.10. The summed E-state index contributed by atoms with van der Waals surface area (Å²) in [4.78, 5) is 6.68. The van der Waals surface area contributed by atoms with Gasteiger partial charge in [-0.25, -0.2) is 0 Å². The largest absolute Gasteiger partial charge is 0.330 e. The second-order valence-electron chi connectivity index (χ2n) is 4.87. The summed E-state index contributed by atoms with van der Waals surface area (Å²) in [6, 6.07) is 5.05. The molecule has 0 unspecified atom stereocenters. The zero-order valence-electron chi connectivity index (χ0n) is 10.5. The summed E-state index contributed by atoms with van der Waals surface area (Å²) in [6.07, 6.45) is 10.2. The summed E-state index contributed by atoms with van der Waals surface area (Å²) in [5.41, 5.74) is 6.99. The van der Waals surface area contributed by atoms with Crippen LogP contribution in [0.15, 0.2) is 24.5 Å². The van der Waals surface area contributed by atoms with Gasteiger partial charge in [0.25, 0.3) is 0 Å². The number of hydrogen-bond donors (Lipinski definition) is 1. The maximum atomic E-state index is 5.61. The monoisotopic (exact) mass is 233 g/mol. The van der Waals surface area contributed by atoms with Crippen LogP contribution in [0.4, 0.5) is 0 Å². The molecule has 1 heterocycles. The molecule has 1 saturated carbocycles. The Morgan fingerprint density at radius 3 is 2.59 bits per heavy atom. The first-order valence-electron chi connectivity index (χ1n) is 6.73. The highest BCUT2D eigenvalue weighted by Crippen LogP contribution is 2.24. The van der Waals surface area contributed by atoms with Crippen LogP contribution in [-0.4, -0.2) is 35.6 Å². The summed E-state index contributed by atoms with van der Waals surface area (Å²) < 4.78 is 0. The lowest BCUT2D eigenvalue weighted by Gasteiger charge is -2.37. The van der Waals surface area contributed by atoms with E-state index >= 15 is 0 Å². The Balaban J connectivity index is 1.80. The number of aromatic nitrogens is 1. The minimum absolute atomic E-state index is 0.804. The van der Waals surface area contributed by atoms with Crippen LogP contribution < -0.4 is 5.73 Å². The zero-order valence-corrected chi connectivity index (χ0v) is 10.5. The zero-order chi connectivity index (χ0) is 11.9. The Labute approximate surface area is 104 Å². The van der Waals surface area contributed by atoms with Crippen LogP contribution in [0.1, 0.15) is 31.2 Å². The molecule has 2 N–H and O–H groups in total. The predicted octanol–water partition coefficient (Wildman–Crippen LogP) is 1.83. The number of hydrogen-bond acceptors (Lipinski definition) is 3. The van der Waals surface area contributed by atoms with Crippen LogP contribution in [0.5, 0.6) is 0 Å². The van der Waals surface area contributed by atoms with E-state index < -0.39 is 0 Å². The maximum Gasteiger partial charge on any atom is 0.0270 e. The molecule has 0 aliphatic heterocycles. The topological polar surface area (TPSA) is 42.1 Å². The van der Waals surface area contributed by atoms with Crippen LogP contribution in [0, 0.1) is 0 Å². The Kier molecular flexibility index (Phi) is 4.95. The lowest BCUT2D eigenvalue weighted by atomic mass is 9.91. The highest BCUT2D eigenvalue weighted by Gasteiger charge is 2.23. The van der Waals surface area contributed by atoms with E-state index in [-0.39, 0.29) is 0 Å². The van der Waals surface area contributed by atoms with Crippen LogP contribution in [-0.2, 0) is 6.42 Å². The summed E-state index contributed by atoms with van der Waals surface area (Å²) >= 11 is 0. The molecule has 3 heteroatoms. The molecule has 0 bridgehead atoms. The normalized spacial score (nSPS) is 16.1. The lowest BCUT2D eigenvalue weighted by molar-refractivity contribution is 0.128. The van der Waals surface area contributed by atoms with Crippen molar-refractivity contribution in [3.63, 3.8) is 0 Å². The second kappa shape index (κ2) is 6.72. The molecular formula is C14H23N3. The van der Waals surface area contributed by atoms with Gasteiger partial charge in [-0.15, -0.1) is 0 Å². The maximum absolute atomic E-state index is 5.61. The van der Waals surface area contributed by atoms with Gasteiger partial charge in [0.15, 0.2) is 0 Å². The fourth-order valence-electron chi connectivity index (χ4n) is 2.35. The second-order valence-corrected chi connectivity index (χ2v) is 4.87. The van der Waals surface area contributed by atoms with Crippen molar-refractivity contribution in [3.05, 3.63) is 30.1 Å². The Hall–Kier alpha value is -0.930. The third kappa shape index (κ3) is 3.79. The summed E-state index contributed by atoms with van der Waals surface area (Å²) in [7, 11) is 0. The van der Waals surface area contributed by atoms with Crippen LogP contribution in [0.2, 0.25) is 0 Å². The Bertz CT molecular complexity index is 309. The van der Waals surface area contributed by atoms with Crippen molar-refractivity contribution in [1.29, 1.82) is 0 Å². The molecular weight excluding hydrogens is 210 g/mol. The molecule has 2 rings (SSSR count). The van der Waals surface area contributed by atoms with E-state index in [0.717, 1.165) is 38.5 Å². The first kappa shape index (κ1) is 12.5. The van der Waals surface area contributed by atoms with Gasteiger partial charge in [-0.05, 0) is 56.5 Å². The molecule has 0 amide bonds. The van der Waals surface area contributed by atoms with Gasteiger partial charge in [0.1, 0.15) is 0 Å². The fraction of sp³-hybridized carbons (Fsp3) is 0.643. The Morgan fingerprint density at radius 2 is 2.00 bits per heavy atom. The molecule has 0 atom stereocenters. The number of pyridine rings is 1. The quantitative estimate of drug-likeness (QED) is 0.781. The number of nitrogens with two attached hydrogens (primary N) is 1. The van der Waals surface area contributed by atoms with E-state index in [1.807, 2.05) is 12.4 Å². The summed E-state index contributed by atoms with van der Waals surface area (Å²) in [5.74, 6) is 0. The van der Waals surface area contributed by atoms with E-state index in [0.29, 0.717) is 0 Å². The molecule has 1 fully saturated rings. The minimum atomic E-state index is 0.804. The molecule has 3 nitrogen and oxygen atoms in total. The van der Waals surface area contributed by atoms with Crippen molar-refractivity contribution >= 4 is 0 Å². The first-order valence-corrected chi connectivity index (χ1v) is 6.73. The molecule has 17 heavy (non-hydrogen) atoms. The molecule has 94 valence electrons. The van der Waals surface area contributed by atoms with Gasteiger partial charge in [-0.2, -0.15) is 0 Å². The van der Waals surface area contributed by atoms with Crippen LogP contribution >= 0.6 is 0 Å². The van der Waals surface area contributed by atoms with Crippen molar-refractivity contribution in [2.75, 3.05) is 19.6 Å². The molecule has 0 spiro atoms.